The van der Waals surface area contributed by atoms with Gasteiger partial charge in [-0.05, 0) is 48.7 Å². The second-order valence-electron chi connectivity index (χ2n) is 5.98. The molecule has 0 atom stereocenters. The van der Waals surface area contributed by atoms with Crippen LogP contribution >= 0.6 is 15.9 Å². The molecule has 1 aliphatic carbocycles. The molecule has 0 aliphatic heterocycles. The molecule has 0 radical (unpaired) electrons. The molecule has 23 heavy (non-hydrogen) atoms. The molecule has 0 unspecified atom stereocenters. The van der Waals surface area contributed by atoms with E-state index in [1.165, 1.54) is 22.6 Å². The van der Waals surface area contributed by atoms with Gasteiger partial charge in [-0.3, -0.25) is 4.90 Å². The number of carbonyl (C=O) groups excluding carboxylic acids is 1. The highest BCUT2D eigenvalue weighted by atomic mass is 79.9. The summed E-state index contributed by atoms with van der Waals surface area (Å²) >= 11 is 3.44. The molecule has 0 saturated heterocycles. The fourth-order valence-electron chi connectivity index (χ4n) is 2.69. The minimum Gasteiger partial charge on any atom is -0.337 e. The van der Waals surface area contributed by atoms with Gasteiger partial charge in [0.25, 0.3) is 0 Å². The number of benzene rings is 2. The van der Waals surface area contributed by atoms with E-state index in [0.29, 0.717) is 12.2 Å². The Bertz CT molecular complexity index is 713. The van der Waals surface area contributed by atoms with Crippen molar-refractivity contribution in [1.82, 2.24) is 5.32 Å². The number of amides is 2. The number of urea groups is 1. The summed E-state index contributed by atoms with van der Waals surface area (Å²) in [5, 5.41) is 2.97. The normalized spacial score (nSPS) is 15.1. The Morgan fingerprint density at radius 1 is 1.26 bits per heavy atom. The maximum Gasteiger partial charge on any atom is 0.321 e. The van der Waals surface area contributed by atoms with E-state index >= 15 is 0 Å². The minimum absolute atomic E-state index is 0.0408. The van der Waals surface area contributed by atoms with Crippen LogP contribution in [0.3, 0.4) is 0 Å². The van der Waals surface area contributed by atoms with Gasteiger partial charge in [-0.1, -0.05) is 34.1 Å². The Kier molecular flexibility index (Phi) is 4.39. The number of halogens is 2. The lowest BCUT2D eigenvalue weighted by Gasteiger charge is -2.21. The van der Waals surface area contributed by atoms with Gasteiger partial charge in [0, 0.05) is 29.2 Å². The average molecular weight is 377 g/mol. The molecule has 1 fully saturated rings. The number of hydrogen-bond donors (Lipinski definition) is 1. The summed E-state index contributed by atoms with van der Waals surface area (Å²) in [5.74, 6) is -0.351. The zero-order valence-corrected chi connectivity index (χ0v) is 14.4. The molecule has 1 N–H and O–H groups in total. The highest BCUT2D eigenvalue weighted by molar-refractivity contribution is 9.10. The van der Waals surface area contributed by atoms with Gasteiger partial charge in [0.2, 0.25) is 0 Å². The average Bonchev–Trinajstić information content (AvgIpc) is 3.33. The summed E-state index contributed by atoms with van der Waals surface area (Å²) in [6.45, 7) is 0.590. The third kappa shape index (κ3) is 3.55. The number of carbonyl (C=O) groups is 1. The lowest BCUT2D eigenvalue weighted by Crippen LogP contribution is -2.41. The topological polar surface area (TPSA) is 32.3 Å². The monoisotopic (exact) mass is 376 g/mol. The van der Waals surface area contributed by atoms with Gasteiger partial charge in [0.05, 0.1) is 0 Å². The molecule has 2 aromatic rings. The van der Waals surface area contributed by atoms with Crippen molar-refractivity contribution in [2.24, 2.45) is 0 Å². The van der Waals surface area contributed by atoms with Crippen LogP contribution in [-0.4, -0.2) is 19.6 Å². The molecule has 0 aromatic heterocycles. The van der Waals surface area contributed by atoms with Crippen LogP contribution in [-0.2, 0) is 5.41 Å². The molecule has 0 bridgehead atoms. The van der Waals surface area contributed by atoms with Crippen LogP contribution in [0, 0.1) is 5.82 Å². The standard InChI is InChI=1S/C18H18BrFN2O/c1-22(16-4-2-3-15(20)11-16)17(23)21-12-18(9-10-18)13-5-7-14(19)8-6-13/h2-8,11H,9-10,12H2,1H3,(H,21,23). The van der Waals surface area contributed by atoms with Crippen molar-refractivity contribution >= 4 is 27.6 Å². The van der Waals surface area contributed by atoms with Crippen molar-refractivity contribution in [3.05, 3.63) is 64.4 Å². The molecular weight excluding hydrogens is 359 g/mol. The Morgan fingerprint density at radius 3 is 2.57 bits per heavy atom. The van der Waals surface area contributed by atoms with Crippen LogP contribution in [0.25, 0.3) is 0 Å². The van der Waals surface area contributed by atoms with Crippen LogP contribution in [0.2, 0.25) is 0 Å². The number of anilines is 1. The molecule has 1 aliphatic rings. The molecule has 0 spiro atoms. The Balaban J connectivity index is 1.63. The molecular formula is C18H18BrFN2O. The summed E-state index contributed by atoms with van der Waals surface area (Å²) in [5.41, 5.74) is 1.82. The van der Waals surface area contributed by atoms with E-state index in [4.69, 9.17) is 0 Å². The Morgan fingerprint density at radius 2 is 1.96 bits per heavy atom. The van der Waals surface area contributed by atoms with Crippen molar-refractivity contribution in [3.8, 4) is 0 Å². The first-order valence-corrected chi connectivity index (χ1v) is 8.33. The number of nitrogens with one attached hydrogen (secondary N) is 1. The number of nitrogens with zero attached hydrogens (tertiary/aromatic N) is 1. The molecule has 2 aromatic carbocycles. The lowest BCUT2D eigenvalue weighted by molar-refractivity contribution is 0.246. The quantitative estimate of drug-likeness (QED) is 0.838. The van der Waals surface area contributed by atoms with Crippen LogP contribution in [0.5, 0.6) is 0 Å². The predicted octanol–water partition coefficient (Wildman–Crippen LogP) is 4.47. The smallest absolute Gasteiger partial charge is 0.321 e. The molecule has 3 rings (SSSR count). The largest absolute Gasteiger partial charge is 0.337 e. The van der Waals surface area contributed by atoms with Crippen LogP contribution in [0.15, 0.2) is 53.0 Å². The van der Waals surface area contributed by atoms with E-state index in [2.05, 4.69) is 33.4 Å². The van der Waals surface area contributed by atoms with E-state index in [9.17, 15) is 9.18 Å². The summed E-state index contributed by atoms with van der Waals surface area (Å²) in [7, 11) is 1.64. The molecule has 1 saturated carbocycles. The maximum absolute atomic E-state index is 13.3. The SMILES string of the molecule is CN(C(=O)NCC1(c2ccc(Br)cc2)CC1)c1cccc(F)c1. The lowest BCUT2D eigenvalue weighted by atomic mass is 9.96. The third-order valence-electron chi connectivity index (χ3n) is 4.39. The van der Waals surface area contributed by atoms with E-state index in [-0.39, 0.29) is 17.3 Å². The molecule has 3 nitrogen and oxygen atoms in total. The van der Waals surface area contributed by atoms with Crippen molar-refractivity contribution in [2.45, 2.75) is 18.3 Å². The zero-order chi connectivity index (χ0) is 16.4. The number of rotatable bonds is 4. The number of hydrogen-bond acceptors (Lipinski definition) is 1. The van der Waals surface area contributed by atoms with Crippen LogP contribution in [0.4, 0.5) is 14.9 Å². The van der Waals surface area contributed by atoms with Crippen molar-refractivity contribution in [1.29, 1.82) is 0 Å². The maximum atomic E-state index is 13.3. The Labute approximate surface area is 143 Å². The fourth-order valence-corrected chi connectivity index (χ4v) is 2.95. The second-order valence-corrected chi connectivity index (χ2v) is 6.90. The molecule has 0 heterocycles. The van der Waals surface area contributed by atoms with E-state index in [0.717, 1.165) is 17.3 Å². The van der Waals surface area contributed by atoms with Crippen molar-refractivity contribution < 1.29 is 9.18 Å². The van der Waals surface area contributed by atoms with Gasteiger partial charge >= 0.3 is 6.03 Å². The van der Waals surface area contributed by atoms with Crippen molar-refractivity contribution in [2.75, 3.05) is 18.5 Å². The van der Waals surface area contributed by atoms with Gasteiger partial charge in [0.15, 0.2) is 0 Å². The van der Waals surface area contributed by atoms with Gasteiger partial charge in [-0.25, -0.2) is 9.18 Å². The third-order valence-corrected chi connectivity index (χ3v) is 4.92. The first-order chi connectivity index (χ1) is 11.0. The van der Waals surface area contributed by atoms with E-state index in [1.807, 2.05) is 12.1 Å². The fraction of sp³-hybridized carbons (Fsp3) is 0.278. The van der Waals surface area contributed by atoms with Gasteiger partial charge in [-0.15, -0.1) is 0 Å². The van der Waals surface area contributed by atoms with Crippen molar-refractivity contribution in [3.63, 3.8) is 0 Å². The molecule has 5 heteroatoms. The van der Waals surface area contributed by atoms with Crippen LogP contribution in [0.1, 0.15) is 18.4 Å². The molecule has 120 valence electrons. The molecule has 2 amide bonds. The summed E-state index contributed by atoms with van der Waals surface area (Å²) < 4.78 is 14.3. The predicted molar refractivity (Wildman–Crippen MR) is 93.3 cm³/mol. The van der Waals surface area contributed by atoms with Crippen LogP contribution < -0.4 is 10.2 Å². The highest BCUT2D eigenvalue weighted by Crippen LogP contribution is 2.47. The van der Waals surface area contributed by atoms with E-state index < -0.39 is 0 Å². The van der Waals surface area contributed by atoms with Gasteiger partial charge in [-0.2, -0.15) is 0 Å². The first-order valence-electron chi connectivity index (χ1n) is 7.53. The second kappa shape index (κ2) is 6.32. The first kappa shape index (κ1) is 16.0. The van der Waals surface area contributed by atoms with Gasteiger partial charge in [0.1, 0.15) is 5.82 Å². The zero-order valence-electron chi connectivity index (χ0n) is 12.9. The van der Waals surface area contributed by atoms with E-state index in [1.54, 1.807) is 19.2 Å². The summed E-state index contributed by atoms with van der Waals surface area (Å²) in [6.07, 6.45) is 2.14. The summed E-state index contributed by atoms with van der Waals surface area (Å²) in [6, 6.07) is 14.0. The van der Waals surface area contributed by atoms with Gasteiger partial charge < -0.3 is 5.32 Å². The summed E-state index contributed by atoms with van der Waals surface area (Å²) in [4.78, 5) is 13.7. The highest BCUT2D eigenvalue weighted by Gasteiger charge is 2.44. The Hall–Kier alpha value is -1.88. The minimum atomic E-state index is -0.351.